The number of hydrogen-bond donors (Lipinski definition) is 1. The van der Waals surface area contributed by atoms with Crippen molar-refractivity contribution in [2.24, 2.45) is 0 Å². The summed E-state index contributed by atoms with van der Waals surface area (Å²) in [4.78, 5) is 0. The first-order valence-electron chi connectivity index (χ1n) is 2.15. The summed E-state index contributed by atoms with van der Waals surface area (Å²) in [6.45, 7) is 0. The summed E-state index contributed by atoms with van der Waals surface area (Å²) in [5, 5.41) is 8.73. The van der Waals surface area contributed by atoms with E-state index < -0.39 is 0 Å². The Morgan fingerprint density at radius 1 is 1.62 bits per heavy atom. The average Bonchev–Trinajstić information content (AvgIpc) is 1.64. The number of benzene rings is 1. The van der Waals surface area contributed by atoms with Crippen LogP contribution in [-0.2, 0) is 0 Å². The molecule has 1 rings (SSSR count). The van der Waals surface area contributed by atoms with Gasteiger partial charge in [-0.1, -0.05) is 15.9 Å². The molecule has 8 heavy (non-hydrogen) atoms. The lowest BCUT2D eigenvalue weighted by Crippen LogP contribution is -1.62. The molecule has 0 fully saturated rings. The Morgan fingerprint density at radius 3 is 2.75 bits per heavy atom. The zero-order valence-corrected chi connectivity index (χ0v) is 5.64. The van der Waals surface area contributed by atoms with Gasteiger partial charge in [0.1, 0.15) is 5.75 Å². The van der Waals surface area contributed by atoms with E-state index in [1.54, 1.807) is 18.2 Å². The SMILES string of the molecule is Oc1[c]ccc(Br)c1. The van der Waals surface area contributed by atoms with Crippen molar-refractivity contribution in [3.05, 3.63) is 28.7 Å². The molecule has 2 heteroatoms. The van der Waals surface area contributed by atoms with Crippen LogP contribution in [-0.4, -0.2) is 5.11 Å². The molecule has 0 aliphatic heterocycles. The highest BCUT2D eigenvalue weighted by Crippen LogP contribution is 2.14. The molecule has 1 aromatic rings. The molecule has 0 saturated carbocycles. The normalized spacial score (nSPS) is 9.12. The number of halogens is 1. The van der Waals surface area contributed by atoms with Crippen LogP contribution in [0, 0.1) is 6.07 Å². The molecule has 0 aliphatic carbocycles. The van der Waals surface area contributed by atoms with Gasteiger partial charge in [0.2, 0.25) is 0 Å². The Bertz CT molecular complexity index is 168. The van der Waals surface area contributed by atoms with E-state index in [9.17, 15) is 0 Å². The molecular weight excluding hydrogens is 168 g/mol. The van der Waals surface area contributed by atoms with Crippen molar-refractivity contribution >= 4 is 15.9 Å². The van der Waals surface area contributed by atoms with Gasteiger partial charge in [-0.2, -0.15) is 0 Å². The first-order chi connectivity index (χ1) is 3.79. The van der Waals surface area contributed by atoms with Crippen molar-refractivity contribution in [3.8, 4) is 5.75 Å². The zero-order chi connectivity index (χ0) is 5.98. The van der Waals surface area contributed by atoms with Gasteiger partial charge in [0, 0.05) is 10.5 Å². The van der Waals surface area contributed by atoms with Crippen LogP contribution in [0.15, 0.2) is 22.7 Å². The number of hydrogen-bond acceptors (Lipinski definition) is 1. The third-order valence-corrected chi connectivity index (χ3v) is 1.24. The molecule has 0 atom stereocenters. The Morgan fingerprint density at radius 2 is 2.38 bits per heavy atom. The third-order valence-electron chi connectivity index (χ3n) is 0.748. The molecule has 0 bridgehead atoms. The smallest absolute Gasteiger partial charge is 0.124 e. The lowest BCUT2D eigenvalue weighted by Gasteiger charge is -1.87. The summed E-state index contributed by atoms with van der Waals surface area (Å²) >= 11 is 3.18. The Hall–Kier alpha value is -0.500. The van der Waals surface area contributed by atoms with Gasteiger partial charge in [-0.05, 0) is 18.2 Å². The number of phenolic OH excluding ortho intramolecular Hbond substituents is 1. The molecule has 0 unspecified atom stereocenters. The highest BCUT2D eigenvalue weighted by atomic mass is 79.9. The lowest BCUT2D eigenvalue weighted by atomic mass is 10.3. The molecule has 1 nitrogen and oxygen atoms in total. The van der Waals surface area contributed by atoms with Gasteiger partial charge in [0.05, 0.1) is 0 Å². The number of aromatic hydroxyl groups is 1. The van der Waals surface area contributed by atoms with Gasteiger partial charge in [-0.3, -0.25) is 0 Å². The topological polar surface area (TPSA) is 20.2 Å². The summed E-state index contributed by atoms with van der Waals surface area (Å²) < 4.78 is 0.869. The van der Waals surface area contributed by atoms with Crippen molar-refractivity contribution < 1.29 is 5.11 Å². The molecule has 0 aliphatic rings. The summed E-state index contributed by atoms with van der Waals surface area (Å²) in [7, 11) is 0. The van der Waals surface area contributed by atoms with Crippen LogP contribution in [0.1, 0.15) is 0 Å². The average molecular weight is 172 g/mol. The largest absolute Gasteiger partial charge is 0.507 e. The van der Waals surface area contributed by atoms with Crippen molar-refractivity contribution in [1.82, 2.24) is 0 Å². The standard InChI is InChI=1S/C6H4BrO/c7-5-2-1-3-6(8)4-5/h1-2,4,8H. The fourth-order valence-corrected chi connectivity index (χ4v) is 0.776. The molecule has 0 heterocycles. The predicted molar refractivity (Wildman–Crippen MR) is 34.6 cm³/mol. The van der Waals surface area contributed by atoms with Crippen LogP contribution in [0.4, 0.5) is 0 Å². The second-order valence-electron chi connectivity index (χ2n) is 1.39. The van der Waals surface area contributed by atoms with Gasteiger partial charge in [-0.15, -0.1) is 0 Å². The van der Waals surface area contributed by atoms with E-state index >= 15 is 0 Å². The minimum atomic E-state index is 0.166. The summed E-state index contributed by atoms with van der Waals surface area (Å²) in [6.07, 6.45) is 0. The first-order valence-corrected chi connectivity index (χ1v) is 2.94. The molecule has 1 radical (unpaired) electrons. The van der Waals surface area contributed by atoms with E-state index in [0.717, 1.165) is 4.47 Å². The monoisotopic (exact) mass is 171 g/mol. The van der Waals surface area contributed by atoms with E-state index in [4.69, 9.17) is 5.11 Å². The Balaban J connectivity index is 3.08. The summed E-state index contributed by atoms with van der Waals surface area (Å²) in [6, 6.07) is 7.64. The molecule has 0 spiro atoms. The fraction of sp³-hybridized carbons (Fsp3) is 0. The van der Waals surface area contributed by atoms with Crippen LogP contribution in [0.5, 0.6) is 5.75 Å². The maximum absolute atomic E-state index is 8.73. The van der Waals surface area contributed by atoms with Gasteiger partial charge in [0.25, 0.3) is 0 Å². The maximum Gasteiger partial charge on any atom is 0.124 e. The van der Waals surface area contributed by atoms with Crippen molar-refractivity contribution in [3.63, 3.8) is 0 Å². The second-order valence-corrected chi connectivity index (χ2v) is 2.31. The first kappa shape index (κ1) is 5.63. The zero-order valence-electron chi connectivity index (χ0n) is 4.06. The van der Waals surface area contributed by atoms with E-state index in [1.165, 1.54) is 0 Å². The quantitative estimate of drug-likeness (QED) is 0.634. The lowest BCUT2D eigenvalue weighted by molar-refractivity contribution is 0.474. The minimum Gasteiger partial charge on any atom is -0.507 e. The van der Waals surface area contributed by atoms with E-state index in [2.05, 4.69) is 22.0 Å². The summed E-state index contributed by atoms with van der Waals surface area (Å²) in [5.41, 5.74) is 0. The Labute approximate surface area is 56.1 Å². The van der Waals surface area contributed by atoms with Crippen LogP contribution >= 0.6 is 15.9 Å². The third kappa shape index (κ3) is 1.23. The number of rotatable bonds is 0. The summed E-state index contributed by atoms with van der Waals surface area (Å²) in [5.74, 6) is 0.166. The molecule has 0 amide bonds. The van der Waals surface area contributed by atoms with Gasteiger partial charge in [-0.25, -0.2) is 0 Å². The van der Waals surface area contributed by atoms with Crippen molar-refractivity contribution in [2.45, 2.75) is 0 Å². The van der Waals surface area contributed by atoms with Crippen LogP contribution in [0.3, 0.4) is 0 Å². The highest BCUT2D eigenvalue weighted by molar-refractivity contribution is 9.10. The van der Waals surface area contributed by atoms with E-state index in [0.29, 0.717) is 0 Å². The number of phenols is 1. The van der Waals surface area contributed by atoms with Crippen LogP contribution in [0.2, 0.25) is 0 Å². The van der Waals surface area contributed by atoms with Gasteiger partial charge >= 0.3 is 0 Å². The molecule has 0 saturated heterocycles. The Kier molecular flexibility index (Phi) is 1.53. The molecule has 1 aromatic carbocycles. The van der Waals surface area contributed by atoms with Crippen molar-refractivity contribution in [2.75, 3.05) is 0 Å². The van der Waals surface area contributed by atoms with Crippen LogP contribution in [0.25, 0.3) is 0 Å². The highest BCUT2D eigenvalue weighted by Gasteiger charge is 1.85. The molecule has 1 N–H and O–H groups in total. The van der Waals surface area contributed by atoms with Crippen molar-refractivity contribution in [1.29, 1.82) is 0 Å². The molecular formula is C6H4BrO. The van der Waals surface area contributed by atoms with Crippen LogP contribution < -0.4 is 0 Å². The minimum absolute atomic E-state index is 0.166. The van der Waals surface area contributed by atoms with E-state index in [-0.39, 0.29) is 5.75 Å². The molecule has 41 valence electrons. The van der Waals surface area contributed by atoms with Gasteiger partial charge in [0.15, 0.2) is 0 Å². The fourth-order valence-electron chi connectivity index (χ4n) is 0.427. The predicted octanol–water partition coefficient (Wildman–Crippen LogP) is 1.95. The second kappa shape index (κ2) is 2.18. The maximum atomic E-state index is 8.73. The molecule has 0 aromatic heterocycles. The van der Waals surface area contributed by atoms with Gasteiger partial charge < -0.3 is 5.11 Å². The van der Waals surface area contributed by atoms with E-state index in [1.807, 2.05) is 0 Å².